The standard InChI is InChI=1S/C57H36N6/c1-5-19-37(20-6-1)46-36-47-43-28-14-17-31-49(43)62(41-25-11-4-12-26-41)53(47)54-52(46)45-29-15-18-32-50(45)63(54)57-59-55(38-21-7-2-8-22-38)58-56(60-57)39-33-34-44-42-27-13-16-30-48(42)61(51(44)35-39)40-23-9-3-10-24-40/h1-36H. The van der Waals surface area contributed by atoms with Crippen molar-refractivity contribution < 1.29 is 0 Å². The van der Waals surface area contributed by atoms with Crippen molar-refractivity contribution in [3.8, 4) is 51.2 Å². The summed E-state index contributed by atoms with van der Waals surface area (Å²) in [6.45, 7) is 0. The van der Waals surface area contributed by atoms with Gasteiger partial charge in [-0.05, 0) is 65.7 Å². The molecule has 294 valence electrons. The van der Waals surface area contributed by atoms with Crippen LogP contribution in [0.25, 0.3) is 117 Å². The lowest BCUT2D eigenvalue weighted by Crippen LogP contribution is -2.07. The van der Waals surface area contributed by atoms with Gasteiger partial charge in [-0.15, -0.1) is 0 Å². The van der Waals surface area contributed by atoms with Gasteiger partial charge in [-0.1, -0.05) is 164 Å². The van der Waals surface area contributed by atoms with E-state index in [4.69, 9.17) is 15.0 Å². The average molecular weight is 805 g/mol. The fraction of sp³-hybridized carbons (Fsp3) is 0. The van der Waals surface area contributed by atoms with Crippen LogP contribution in [0.4, 0.5) is 0 Å². The highest BCUT2D eigenvalue weighted by molar-refractivity contribution is 6.28. The van der Waals surface area contributed by atoms with E-state index in [0.29, 0.717) is 17.6 Å². The summed E-state index contributed by atoms with van der Waals surface area (Å²) < 4.78 is 7.04. The molecule has 0 amide bonds. The van der Waals surface area contributed by atoms with Crippen molar-refractivity contribution in [1.29, 1.82) is 0 Å². The van der Waals surface area contributed by atoms with Gasteiger partial charge in [0, 0.05) is 54.8 Å². The van der Waals surface area contributed by atoms with Gasteiger partial charge in [0.2, 0.25) is 5.95 Å². The molecule has 9 aromatic carbocycles. The smallest absolute Gasteiger partial charge is 0.238 e. The van der Waals surface area contributed by atoms with Gasteiger partial charge in [0.1, 0.15) is 0 Å². The summed E-state index contributed by atoms with van der Waals surface area (Å²) in [7, 11) is 0. The summed E-state index contributed by atoms with van der Waals surface area (Å²) in [5.74, 6) is 1.74. The lowest BCUT2D eigenvalue weighted by Gasteiger charge is -2.14. The van der Waals surface area contributed by atoms with Crippen LogP contribution in [-0.2, 0) is 0 Å². The first kappa shape index (κ1) is 35.2. The largest absolute Gasteiger partial charge is 0.309 e. The van der Waals surface area contributed by atoms with E-state index in [-0.39, 0.29) is 0 Å². The third-order valence-electron chi connectivity index (χ3n) is 12.5. The molecule has 0 spiro atoms. The summed E-state index contributed by atoms with van der Waals surface area (Å²) >= 11 is 0. The highest BCUT2D eigenvalue weighted by Gasteiger charge is 2.26. The van der Waals surface area contributed by atoms with Crippen molar-refractivity contribution in [3.63, 3.8) is 0 Å². The van der Waals surface area contributed by atoms with Crippen molar-refractivity contribution in [2.24, 2.45) is 0 Å². The summed E-state index contributed by atoms with van der Waals surface area (Å²) in [6.07, 6.45) is 0. The van der Waals surface area contributed by atoms with Crippen LogP contribution in [0, 0.1) is 0 Å². The first-order chi connectivity index (χ1) is 31.3. The Morgan fingerprint density at radius 2 is 0.762 bits per heavy atom. The van der Waals surface area contributed by atoms with Crippen molar-refractivity contribution in [1.82, 2.24) is 28.7 Å². The number of benzene rings is 9. The number of para-hydroxylation sites is 5. The number of hydrogen-bond acceptors (Lipinski definition) is 3. The molecule has 4 heterocycles. The summed E-state index contributed by atoms with van der Waals surface area (Å²) in [4.78, 5) is 16.2. The van der Waals surface area contributed by atoms with Gasteiger partial charge in [0.15, 0.2) is 11.6 Å². The molecule has 13 rings (SSSR count). The fourth-order valence-electron chi connectivity index (χ4n) is 9.77. The van der Waals surface area contributed by atoms with E-state index in [2.05, 4.69) is 214 Å². The molecule has 13 aromatic rings. The molecule has 6 heteroatoms. The molecule has 0 aliphatic carbocycles. The van der Waals surface area contributed by atoms with Gasteiger partial charge in [0.25, 0.3) is 0 Å². The minimum atomic E-state index is 0.546. The molecule has 0 fully saturated rings. The molecule has 63 heavy (non-hydrogen) atoms. The Balaban J connectivity index is 1.18. The first-order valence-corrected chi connectivity index (χ1v) is 21.3. The Labute approximate surface area is 362 Å². The fourth-order valence-corrected chi connectivity index (χ4v) is 9.77. The molecule has 4 aromatic heterocycles. The van der Waals surface area contributed by atoms with Gasteiger partial charge < -0.3 is 9.13 Å². The Hall–Kier alpha value is -8.61. The van der Waals surface area contributed by atoms with E-state index >= 15 is 0 Å². The van der Waals surface area contributed by atoms with Gasteiger partial charge in [-0.2, -0.15) is 9.97 Å². The Bertz CT molecular complexity index is 3880. The van der Waals surface area contributed by atoms with E-state index < -0.39 is 0 Å². The molecule has 0 saturated heterocycles. The molecule has 6 nitrogen and oxygen atoms in total. The molecular weight excluding hydrogens is 769 g/mol. The minimum absolute atomic E-state index is 0.546. The third-order valence-corrected chi connectivity index (χ3v) is 12.5. The Kier molecular flexibility index (Phi) is 7.80. The van der Waals surface area contributed by atoms with Gasteiger partial charge in [-0.25, -0.2) is 4.98 Å². The van der Waals surface area contributed by atoms with Gasteiger partial charge >= 0.3 is 0 Å². The molecule has 0 aliphatic heterocycles. The zero-order valence-corrected chi connectivity index (χ0v) is 34.0. The second kappa shape index (κ2) is 14.0. The van der Waals surface area contributed by atoms with Crippen molar-refractivity contribution in [3.05, 3.63) is 218 Å². The maximum atomic E-state index is 5.52. The van der Waals surface area contributed by atoms with Crippen LogP contribution in [0.5, 0.6) is 0 Å². The number of aromatic nitrogens is 6. The summed E-state index contributed by atoms with van der Waals surface area (Å²) in [5.41, 5.74) is 12.8. The summed E-state index contributed by atoms with van der Waals surface area (Å²) in [5, 5.41) is 6.96. The molecule has 0 unspecified atom stereocenters. The highest BCUT2D eigenvalue weighted by atomic mass is 15.2. The first-order valence-electron chi connectivity index (χ1n) is 21.3. The Morgan fingerprint density at radius 3 is 1.41 bits per heavy atom. The minimum Gasteiger partial charge on any atom is -0.309 e. The predicted molar refractivity (Wildman–Crippen MR) is 259 cm³/mol. The van der Waals surface area contributed by atoms with Crippen LogP contribution in [0.3, 0.4) is 0 Å². The second-order valence-corrected chi connectivity index (χ2v) is 16.0. The van der Waals surface area contributed by atoms with E-state index in [1.807, 2.05) is 18.2 Å². The normalized spacial score (nSPS) is 11.8. The van der Waals surface area contributed by atoms with Crippen LogP contribution >= 0.6 is 0 Å². The lowest BCUT2D eigenvalue weighted by molar-refractivity contribution is 0.953. The maximum Gasteiger partial charge on any atom is 0.238 e. The van der Waals surface area contributed by atoms with Gasteiger partial charge in [-0.3, -0.25) is 4.57 Å². The van der Waals surface area contributed by atoms with Crippen molar-refractivity contribution >= 4 is 65.4 Å². The van der Waals surface area contributed by atoms with Crippen LogP contribution < -0.4 is 0 Å². The van der Waals surface area contributed by atoms with Gasteiger partial charge in [0.05, 0.1) is 33.1 Å². The highest BCUT2D eigenvalue weighted by Crippen LogP contribution is 2.46. The zero-order chi connectivity index (χ0) is 41.4. The van der Waals surface area contributed by atoms with E-state index in [1.165, 1.54) is 16.2 Å². The Morgan fingerprint density at radius 1 is 0.286 bits per heavy atom. The van der Waals surface area contributed by atoms with Crippen LogP contribution in [0.15, 0.2) is 218 Å². The molecule has 0 radical (unpaired) electrons. The number of nitrogens with zero attached hydrogens (tertiary/aromatic N) is 6. The molecule has 0 N–H and O–H groups in total. The molecule has 0 saturated carbocycles. The topological polar surface area (TPSA) is 53.5 Å². The van der Waals surface area contributed by atoms with Crippen LogP contribution in [0.2, 0.25) is 0 Å². The van der Waals surface area contributed by atoms with Crippen LogP contribution in [0.1, 0.15) is 0 Å². The number of rotatable bonds is 6. The van der Waals surface area contributed by atoms with Crippen molar-refractivity contribution in [2.75, 3.05) is 0 Å². The van der Waals surface area contributed by atoms with Crippen LogP contribution in [-0.4, -0.2) is 28.7 Å². The predicted octanol–water partition coefficient (Wildman–Crippen LogP) is 14.2. The summed E-state index contributed by atoms with van der Waals surface area (Å²) in [6, 6.07) is 77.2. The molecule has 0 aliphatic rings. The monoisotopic (exact) mass is 804 g/mol. The number of fused-ring (bicyclic) bond motifs is 10. The third kappa shape index (κ3) is 5.41. The molecule has 0 bridgehead atoms. The van der Waals surface area contributed by atoms with E-state index in [1.54, 1.807) is 0 Å². The van der Waals surface area contributed by atoms with E-state index in [0.717, 1.165) is 82.9 Å². The second-order valence-electron chi connectivity index (χ2n) is 16.0. The van der Waals surface area contributed by atoms with Crippen molar-refractivity contribution in [2.45, 2.75) is 0 Å². The zero-order valence-electron chi connectivity index (χ0n) is 34.0. The lowest BCUT2D eigenvalue weighted by atomic mass is 9.96. The SMILES string of the molecule is c1ccc(-c2nc(-c3ccc4c5ccccc5n(-c5ccccc5)c4c3)nc(-n3c4ccccc4c4c(-c5ccccc5)cc5c6ccccc6n(-c6ccccc6)c5c43)n2)cc1. The number of hydrogen-bond donors (Lipinski definition) is 0. The quantitative estimate of drug-likeness (QED) is 0.168. The van der Waals surface area contributed by atoms with E-state index in [9.17, 15) is 0 Å². The molecule has 0 atom stereocenters. The molecular formula is C57H36N6. The maximum absolute atomic E-state index is 5.52. The average Bonchev–Trinajstić information content (AvgIpc) is 4.00.